The van der Waals surface area contributed by atoms with Crippen molar-refractivity contribution >= 4 is 11.0 Å². The summed E-state index contributed by atoms with van der Waals surface area (Å²) in [5, 5.41) is 0.716. The minimum absolute atomic E-state index is 0.355. The van der Waals surface area contributed by atoms with Gasteiger partial charge in [-0.1, -0.05) is 0 Å². The van der Waals surface area contributed by atoms with Gasteiger partial charge in [-0.15, -0.1) is 0 Å². The normalized spacial score (nSPS) is 15.0. The molecular weight excluding hydrogens is 243 g/mol. The number of hydrogen-bond acceptors (Lipinski definition) is 3. The smallest absolute Gasteiger partial charge is 0.161 e. The van der Waals surface area contributed by atoms with E-state index in [1.54, 1.807) is 12.4 Å². The first-order valence-electron chi connectivity index (χ1n) is 6.27. The highest BCUT2D eigenvalue weighted by Gasteiger charge is 2.25. The van der Waals surface area contributed by atoms with Gasteiger partial charge in [-0.3, -0.25) is 0 Å². The number of halogens is 1. The minimum atomic E-state index is -0.355. The lowest BCUT2D eigenvalue weighted by Gasteiger charge is -2.01. The maximum Gasteiger partial charge on any atom is 0.161 e. The lowest BCUT2D eigenvalue weighted by atomic mass is 10.2. The monoisotopic (exact) mass is 254 g/mol. The van der Waals surface area contributed by atoms with Crippen molar-refractivity contribution in [3.8, 4) is 11.4 Å². The highest BCUT2D eigenvalue weighted by molar-refractivity contribution is 5.91. The third-order valence-corrected chi connectivity index (χ3v) is 3.41. The van der Waals surface area contributed by atoms with E-state index in [1.165, 1.54) is 25.1 Å². The van der Waals surface area contributed by atoms with Crippen LogP contribution < -0.4 is 0 Å². The van der Waals surface area contributed by atoms with Gasteiger partial charge >= 0.3 is 0 Å². The van der Waals surface area contributed by atoms with Crippen LogP contribution in [0.25, 0.3) is 22.4 Å². The fourth-order valence-electron chi connectivity index (χ4n) is 2.27. The van der Waals surface area contributed by atoms with Crippen molar-refractivity contribution in [2.24, 2.45) is 0 Å². The van der Waals surface area contributed by atoms with Gasteiger partial charge in [0.25, 0.3) is 0 Å². The third kappa shape index (κ3) is 1.78. The van der Waals surface area contributed by atoms with Gasteiger partial charge in [0.1, 0.15) is 11.5 Å². The van der Waals surface area contributed by atoms with Crippen LogP contribution in [-0.4, -0.2) is 19.9 Å². The van der Waals surface area contributed by atoms with Crippen LogP contribution in [0.15, 0.2) is 30.7 Å². The number of aromatic nitrogens is 4. The number of rotatable bonds is 2. The molecular formula is C14H11FN4. The van der Waals surface area contributed by atoms with E-state index in [0.29, 0.717) is 22.8 Å². The molecule has 3 aromatic heterocycles. The van der Waals surface area contributed by atoms with E-state index in [4.69, 9.17) is 0 Å². The Bertz CT molecular complexity index is 761. The molecule has 0 unspecified atom stereocenters. The van der Waals surface area contributed by atoms with Gasteiger partial charge in [0.15, 0.2) is 5.82 Å². The molecule has 0 atom stereocenters. The molecule has 4 rings (SSSR count). The predicted octanol–water partition coefficient (Wildman–Crippen LogP) is 3.04. The molecule has 1 fully saturated rings. The van der Waals surface area contributed by atoms with Gasteiger partial charge in [0.2, 0.25) is 0 Å². The summed E-state index contributed by atoms with van der Waals surface area (Å²) in [5.74, 6) is 0.844. The number of fused-ring (bicyclic) bond motifs is 1. The molecule has 0 radical (unpaired) electrons. The fourth-order valence-corrected chi connectivity index (χ4v) is 2.27. The summed E-state index contributed by atoms with van der Waals surface area (Å²) in [4.78, 5) is 15.9. The van der Waals surface area contributed by atoms with E-state index >= 15 is 0 Å². The molecule has 0 amide bonds. The summed E-state index contributed by atoms with van der Waals surface area (Å²) in [7, 11) is 0. The Morgan fingerprint density at radius 2 is 2.16 bits per heavy atom. The second-order valence-electron chi connectivity index (χ2n) is 4.83. The number of H-pyrrole nitrogens is 1. The van der Waals surface area contributed by atoms with Crippen LogP contribution >= 0.6 is 0 Å². The van der Waals surface area contributed by atoms with E-state index < -0.39 is 0 Å². The molecule has 1 aliphatic carbocycles. The number of pyridine rings is 1. The lowest BCUT2D eigenvalue weighted by molar-refractivity contribution is 0.624. The highest BCUT2D eigenvalue weighted by Crippen LogP contribution is 2.39. The molecule has 0 spiro atoms. The molecule has 1 N–H and O–H groups in total. The van der Waals surface area contributed by atoms with E-state index in [0.717, 1.165) is 11.3 Å². The molecule has 1 saturated carbocycles. The molecule has 0 aromatic carbocycles. The average molecular weight is 254 g/mol. The Balaban J connectivity index is 1.89. The largest absolute Gasteiger partial charge is 0.345 e. The van der Waals surface area contributed by atoms with Crippen molar-refractivity contribution in [1.82, 2.24) is 19.9 Å². The molecule has 19 heavy (non-hydrogen) atoms. The number of nitrogens with one attached hydrogen (secondary N) is 1. The zero-order valence-corrected chi connectivity index (χ0v) is 10.1. The second kappa shape index (κ2) is 3.85. The van der Waals surface area contributed by atoms with Gasteiger partial charge in [-0.2, -0.15) is 0 Å². The Morgan fingerprint density at radius 3 is 3.00 bits per heavy atom. The topological polar surface area (TPSA) is 54.5 Å². The van der Waals surface area contributed by atoms with Crippen LogP contribution in [0.2, 0.25) is 0 Å². The first-order valence-corrected chi connectivity index (χ1v) is 6.27. The summed E-state index contributed by atoms with van der Waals surface area (Å²) in [6.45, 7) is 0. The molecule has 4 nitrogen and oxygen atoms in total. The molecule has 0 aliphatic heterocycles. The molecule has 0 saturated heterocycles. The van der Waals surface area contributed by atoms with Crippen molar-refractivity contribution in [3.63, 3.8) is 0 Å². The van der Waals surface area contributed by atoms with Crippen LogP contribution in [0.1, 0.15) is 24.5 Å². The summed E-state index contributed by atoms with van der Waals surface area (Å²) < 4.78 is 13.3. The van der Waals surface area contributed by atoms with Gasteiger partial charge in [0.05, 0.1) is 6.20 Å². The molecule has 3 heterocycles. The van der Waals surface area contributed by atoms with Crippen LogP contribution in [0.4, 0.5) is 4.39 Å². The number of hydrogen-bond donors (Lipinski definition) is 1. The van der Waals surface area contributed by atoms with Crippen molar-refractivity contribution in [2.75, 3.05) is 0 Å². The quantitative estimate of drug-likeness (QED) is 0.764. The molecule has 94 valence electrons. The zero-order chi connectivity index (χ0) is 12.8. The average Bonchev–Trinajstić information content (AvgIpc) is 3.20. The fraction of sp³-hybridized carbons (Fsp3) is 0.214. The first-order chi connectivity index (χ1) is 9.31. The highest BCUT2D eigenvalue weighted by atomic mass is 19.1. The van der Waals surface area contributed by atoms with Crippen LogP contribution in [0.5, 0.6) is 0 Å². The Kier molecular flexibility index (Phi) is 2.15. The predicted molar refractivity (Wildman–Crippen MR) is 69.1 cm³/mol. The van der Waals surface area contributed by atoms with Crippen LogP contribution in [0.3, 0.4) is 0 Å². The maximum atomic E-state index is 13.3. The lowest BCUT2D eigenvalue weighted by Crippen LogP contribution is -1.92. The first kappa shape index (κ1) is 10.6. The van der Waals surface area contributed by atoms with Crippen molar-refractivity contribution in [1.29, 1.82) is 0 Å². The molecule has 1 aliphatic rings. The van der Waals surface area contributed by atoms with E-state index in [9.17, 15) is 4.39 Å². The Labute approximate surface area is 108 Å². The second-order valence-corrected chi connectivity index (χ2v) is 4.83. The summed E-state index contributed by atoms with van der Waals surface area (Å²) in [6, 6.07) is 3.41. The van der Waals surface area contributed by atoms with E-state index in [-0.39, 0.29) is 5.82 Å². The van der Waals surface area contributed by atoms with Crippen molar-refractivity contribution < 1.29 is 4.39 Å². The van der Waals surface area contributed by atoms with E-state index in [2.05, 4.69) is 19.9 Å². The Hall–Kier alpha value is -2.30. The van der Waals surface area contributed by atoms with Gasteiger partial charge < -0.3 is 4.98 Å². The van der Waals surface area contributed by atoms with Crippen LogP contribution in [0, 0.1) is 5.82 Å². The van der Waals surface area contributed by atoms with Gasteiger partial charge in [-0.25, -0.2) is 19.3 Å². The Morgan fingerprint density at radius 1 is 1.26 bits per heavy atom. The molecule has 5 heteroatoms. The summed E-state index contributed by atoms with van der Waals surface area (Å²) >= 11 is 0. The zero-order valence-electron chi connectivity index (χ0n) is 10.1. The van der Waals surface area contributed by atoms with E-state index in [1.807, 2.05) is 6.07 Å². The minimum Gasteiger partial charge on any atom is -0.345 e. The maximum absolute atomic E-state index is 13.3. The molecule has 0 bridgehead atoms. The number of aromatic amines is 1. The standard InChI is InChI=1S/C14H11FN4/c15-9-5-10-11(7-18-13(10)17-6-9)14-16-4-3-12(19-14)8-1-2-8/h3-8H,1-2H2,(H,17,18). The SMILES string of the molecule is Fc1cnc2[nH]cc(-c3nccc(C4CC4)n3)c2c1. The number of nitrogens with zero attached hydrogens (tertiary/aromatic N) is 3. The van der Waals surface area contributed by atoms with Crippen molar-refractivity contribution in [3.05, 3.63) is 42.2 Å². The van der Waals surface area contributed by atoms with Crippen LogP contribution in [-0.2, 0) is 0 Å². The summed E-state index contributed by atoms with van der Waals surface area (Å²) in [5.41, 5.74) is 2.52. The van der Waals surface area contributed by atoms with Crippen molar-refractivity contribution in [2.45, 2.75) is 18.8 Å². The van der Waals surface area contributed by atoms with Gasteiger partial charge in [0, 0.05) is 35.0 Å². The summed E-state index contributed by atoms with van der Waals surface area (Å²) in [6.07, 6.45) is 7.13. The third-order valence-electron chi connectivity index (χ3n) is 3.41. The molecule has 3 aromatic rings. The van der Waals surface area contributed by atoms with Gasteiger partial charge in [-0.05, 0) is 25.0 Å².